The number of rotatable bonds is 3. The van der Waals surface area contributed by atoms with E-state index < -0.39 is 0 Å². The number of aromatic nitrogens is 2. The number of hydrogen-bond acceptors (Lipinski definition) is 4. The van der Waals surface area contributed by atoms with E-state index >= 15 is 0 Å². The summed E-state index contributed by atoms with van der Waals surface area (Å²) in [4.78, 5) is 30.7. The SMILES string of the molecule is CCn1cc(C(=O)N2CCCC3(CCOCC3)C2C(=O)N2CCCC2)cn1. The second-order valence-corrected chi connectivity index (χ2v) is 8.10. The van der Waals surface area contributed by atoms with E-state index in [-0.39, 0.29) is 23.3 Å². The smallest absolute Gasteiger partial charge is 0.257 e. The Hall–Kier alpha value is -1.89. The summed E-state index contributed by atoms with van der Waals surface area (Å²) in [6, 6.07) is -0.370. The summed E-state index contributed by atoms with van der Waals surface area (Å²) in [7, 11) is 0. The first-order chi connectivity index (χ1) is 13.1. The van der Waals surface area contributed by atoms with Crippen molar-refractivity contribution in [1.82, 2.24) is 19.6 Å². The minimum Gasteiger partial charge on any atom is -0.381 e. The molecule has 1 unspecified atom stereocenters. The first-order valence-corrected chi connectivity index (χ1v) is 10.3. The molecule has 2 amide bonds. The lowest BCUT2D eigenvalue weighted by atomic mass is 9.67. The monoisotopic (exact) mass is 374 g/mol. The van der Waals surface area contributed by atoms with E-state index in [1.165, 1.54) is 0 Å². The maximum absolute atomic E-state index is 13.6. The van der Waals surface area contributed by atoms with Gasteiger partial charge < -0.3 is 14.5 Å². The number of carbonyl (C=O) groups excluding carboxylic acids is 2. The van der Waals surface area contributed by atoms with Crippen LogP contribution in [0.4, 0.5) is 0 Å². The fraction of sp³-hybridized carbons (Fsp3) is 0.750. The molecule has 7 nitrogen and oxygen atoms in total. The Morgan fingerprint density at radius 1 is 1.15 bits per heavy atom. The molecule has 0 aliphatic carbocycles. The van der Waals surface area contributed by atoms with Gasteiger partial charge >= 0.3 is 0 Å². The van der Waals surface area contributed by atoms with Crippen molar-refractivity contribution in [3.63, 3.8) is 0 Å². The molecule has 1 aromatic heterocycles. The largest absolute Gasteiger partial charge is 0.381 e. The van der Waals surface area contributed by atoms with Crippen molar-refractivity contribution in [2.45, 2.75) is 58.0 Å². The molecule has 1 aromatic rings. The Balaban J connectivity index is 1.66. The van der Waals surface area contributed by atoms with Crippen molar-refractivity contribution in [2.24, 2.45) is 5.41 Å². The standard InChI is InChI=1S/C20H30N4O3/c1-2-23-15-16(14-21-23)18(25)24-11-5-6-20(7-12-27-13-8-20)17(24)19(26)22-9-3-4-10-22/h14-15,17H,2-13H2,1H3. The Morgan fingerprint density at radius 2 is 1.89 bits per heavy atom. The number of aryl methyl sites for hydroxylation is 1. The molecule has 0 saturated carbocycles. The molecule has 0 N–H and O–H groups in total. The lowest BCUT2D eigenvalue weighted by molar-refractivity contribution is -0.147. The molecule has 0 radical (unpaired) electrons. The van der Waals surface area contributed by atoms with Gasteiger partial charge in [0, 0.05) is 51.0 Å². The van der Waals surface area contributed by atoms with Crippen molar-refractivity contribution in [2.75, 3.05) is 32.8 Å². The second kappa shape index (κ2) is 7.62. The highest BCUT2D eigenvalue weighted by molar-refractivity contribution is 5.97. The number of piperidine rings is 1. The van der Waals surface area contributed by atoms with Gasteiger partial charge in [0.05, 0.1) is 11.8 Å². The van der Waals surface area contributed by atoms with Crippen LogP contribution in [0.5, 0.6) is 0 Å². The van der Waals surface area contributed by atoms with Crippen molar-refractivity contribution in [1.29, 1.82) is 0 Å². The average molecular weight is 374 g/mol. The van der Waals surface area contributed by atoms with Crippen LogP contribution in [0.25, 0.3) is 0 Å². The van der Waals surface area contributed by atoms with Crippen LogP contribution in [0.15, 0.2) is 12.4 Å². The minimum atomic E-state index is -0.370. The van der Waals surface area contributed by atoms with Gasteiger partial charge in [0.2, 0.25) is 5.91 Å². The Kier molecular flexibility index (Phi) is 5.21. The molecule has 4 rings (SSSR count). The Bertz CT molecular complexity index is 684. The Labute approximate surface area is 160 Å². The molecule has 27 heavy (non-hydrogen) atoms. The molecule has 3 fully saturated rings. The van der Waals surface area contributed by atoms with Gasteiger partial charge in [-0.05, 0) is 45.4 Å². The van der Waals surface area contributed by atoms with Crippen molar-refractivity contribution in [3.8, 4) is 0 Å². The molecule has 3 aliphatic heterocycles. The Morgan fingerprint density at radius 3 is 2.56 bits per heavy atom. The van der Waals surface area contributed by atoms with Gasteiger partial charge in [0.1, 0.15) is 6.04 Å². The lowest BCUT2D eigenvalue weighted by Gasteiger charge is -2.51. The van der Waals surface area contributed by atoms with E-state index in [1.807, 2.05) is 16.7 Å². The van der Waals surface area contributed by atoms with Crippen molar-refractivity contribution >= 4 is 11.8 Å². The quantitative estimate of drug-likeness (QED) is 0.811. The molecule has 3 saturated heterocycles. The number of hydrogen-bond donors (Lipinski definition) is 0. The highest BCUT2D eigenvalue weighted by atomic mass is 16.5. The van der Waals surface area contributed by atoms with Crippen LogP contribution in [0.2, 0.25) is 0 Å². The highest BCUT2D eigenvalue weighted by Gasteiger charge is 2.52. The molecule has 4 heterocycles. The number of ether oxygens (including phenoxy) is 1. The molecular formula is C20H30N4O3. The third-order valence-corrected chi connectivity index (χ3v) is 6.57. The molecule has 0 aromatic carbocycles. The van der Waals surface area contributed by atoms with Crippen LogP contribution in [-0.2, 0) is 16.1 Å². The van der Waals surface area contributed by atoms with Gasteiger partial charge in [-0.1, -0.05) is 0 Å². The van der Waals surface area contributed by atoms with Crippen LogP contribution in [0.1, 0.15) is 55.8 Å². The lowest BCUT2D eigenvalue weighted by Crippen LogP contribution is -2.62. The summed E-state index contributed by atoms with van der Waals surface area (Å²) in [6.07, 6.45) is 9.21. The predicted octanol–water partition coefficient (Wildman–Crippen LogP) is 1.93. The average Bonchev–Trinajstić information content (AvgIpc) is 3.39. The summed E-state index contributed by atoms with van der Waals surface area (Å²) in [5.41, 5.74) is 0.437. The predicted molar refractivity (Wildman–Crippen MR) is 100 cm³/mol. The van der Waals surface area contributed by atoms with Gasteiger partial charge in [-0.3, -0.25) is 14.3 Å². The van der Waals surface area contributed by atoms with E-state index in [1.54, 1.807) is 17.1 Å². The topological polar surface area (TPSA) is 67.7 Å². The van der Waals surface area contributed by atoms with Gasteiger partial charge in [0.25, 0.3) is 5.91 Å². The van der Waals surface area contributed by atoms with Gasteiger partial charge in [0.15, 0.2) is 0 Å². The number of carbonyl (C=O) groups is 2. The summed E-state index contributed by atoms with van der Waals surface area (Å²) < 4.78 is 7.37. The number of amides is 2. The normalized spacial score (nSPS) is 25.1. The van der Waals surface area contributed by atoms with Crippen molar-refractivity contribution in [3.05, 3.63) is 18.0 Å². The summed E-state index contributed by atoms with van der Waals surface area (Å²) >= 11 is 0. The fourth-order valence-corrected chi connectivity index (χ4v) is 5.04. The first-order valence-electron chi connectivity index (χ1n) is 10.3. The van der Waals surface area contributed by atoms with E-state index in [2.05, 4.69) is 5.10 Å². The maximum atomic E-state index is 13.6. The molecular weight excluding hydrogens is 344 g/mol. The van der Waals surface area contributed by atoms with Crippen molar-refractivity contribution < 1.29 is 14.3 Å². The van der Waals surface area contributed by atoms with Crippen LogP contribution >= 0.6 is 0 Å². The van der Waals surface area contributed by atoms with Crippen LogP contribution in [-0.4, -0.2) is 70.3 Å². The van der Waals surface area contributed by atoms with Crippen LogP contribution in [0.3, 0.4) is 0 Å². The summed E-state index contributed by atoms with van der Waals surface area (Å²) in [5.74, 6) is 0.0862. The van der Waals surface area contributed by atoms with Gasteiger partial charge in [-0.25, -0.2) is 0 Å². The zero-order valence-corrected chi connectivity index (χ0v) is 16.2. The third kappa shape index (κ3) is 3.37. The molecule has 7 heteroatoms. The van der Waals surface area contributed by atoms with Gasteiger partial charge in [-0.15, -0.1) is 0 Å². The summed E-state index contributed by atoms with van der Waals surface area (Å²) in [5, 5.41) is 4.26. The van der Waals surface area contributed by atoms with Crippen LogP contribution in [0, 0.1) is 5.41 Å². The van der Waals surface area contributed by atoms with Gasteiger partial charge in [-0.2, -0.15) is 5.10 Å². The third-order valence-electron chi connectivity index (χ3n) is 6.57. The zero-order chi connectivity index (χ0) is 18.9. The molecule has 1 spiro atoms. The first kappa shape index (κ1) is 18.5. The molecule has 3 aliphatic rings. The molecule has 148 valence electrons. The van der Waals surface area contributed by atoms with E-state index in [0.29, 0.717) is 25.3 Å². The van der Waals surface area contributed by atoms with E-state index in [0.717, 1.165) is 58.2 Å². The highest BCUT2D eigenvalue weighted by Crippen LogP contribution is 2.45. The zero-order valence-electron chi connectivity index (χ0n) is 16.2. The fourth-order valence-electron chi connectivity index (χ4n) is 5.04. The maximum Gasteiger partial charge on any atom is 0.257 e. The number of nitrogens with zero attached hydrogens (tertiary/aromatic N) is 4. The molecule has 1 atom stereocenters. The summed E-state index contributed by atoms with van der Waals surface area (Å²) in [6.45, 7) is 6.36. The second-order valence-electron chi connectivity index (χ2n) is 8.10. The number of likely N-dealkylation sites (tertiary alicyclic amines) is 2. The van der Waals surface area contributed by atoms with E-state index in [9.17, 15) is 9.59 Å². The molecule has 0 bridgehead atoms. The van der Waals surface area contributed by atoms with E-state index in [4.69, 9.17) is 4.74 Å². The minimum absolute atomic E-state index is 0.0576. The van der Waals surface area contributed by atoms with Crippen LogP contribution < -0.4 is 0 Å².